The van der Waals surface area contributed by atoms with Gasteiger partial charge in [0.25, 0.3) is 11.8 Å². The lowest BCUT2D eigenvalue weighted by atomic mass is 10.0. The average Bonchev–Trinajstić information content (AvgIpc) is 3.45. The molecule has 36 heavy (non-hydrogen) atoms. The molecule has 4 N–H and O–H groups in total. The van der Waals surface area contributed by atoms with Crippen LogP contribution in [0.25, 0.3) is 5.52 Å². The molecule has 12 nitrogen and oxygen atoms in total. The van der Waals surface area contributed by atoms with Crippen LogP contribution in [0.2, 0.25) is 4.34 Å². The molecule has 3 aromatic heterocycles. The molecule has 5 heterocycles. The van der Waals surface area contributed by atoms with Crippen LogP contribution in [0.1, 0.15) is 5.69 Å². The second-order valence-corrected chi connectivity index (χ2v) is 10.6. The van der Waals surface area contributed by atoms with E-state index in [0.717, 1.165) is 16.9 Å². The number of oxime groups is 1. The van der Waals surface area contributed by atoms with E-state index in [1.54, 1.807) is 0 Å². The fraction of sp³-hybridized carbons (Fsp3) is 0.238. The van der Waals surface area contributed by atoms with Gasteiger partial charge in [-0.25, -0.2) is 9.78 Å². The highest BCUT2D eigenvalue weighted by atomic mass is 35.5. The van der Waals surface area contributed by atoms with E-state index in [-0.39, 0.29) is 26.6 Å². The number of fused-ring (bicyclic) bond motifs is 2. The monoisotopic (exact) mass is 548 g/mol. The van der Waals surface area contributed by atoms with Crippen LogP contribution in [0.4, 0.5) is 5.13 Å². The zero-order valence-corrected chi connectivity index (χ0v) is 21.0. The molecule has 0 unspecified atom stereocenters. The van der Waals surface area contributed by atoms with Crippen LogP contribution >= 0.6 is 34.7 Å². The molecule has 0 bridgehead atoms. The average molecular weight is 549 g/mol. The molecule has 3 aromatic rings. The lowest BCUT2D eigenvalue weighted by Gasteiger charge is -2.49. The number of thiazole rings is 1. The number of nitrogens with one attached hydrogen (secondary N) is 1. The van der Waals surface area contributed by atoms with Crippen molar-refractivity contribution in [3.63, 3.8) is 0 Å². The number of hydrogen-bond acceptors (Lipinski definition) is 9. The van der Waals surface area contributed by atoms with Gasteiger partial charge in [-0.05, 0) is 12.1 Å². The minimum Gasteiger partial charge on any atom is -0.477 e. The van der Waals surface area contributed by atoms with Crippen LogP contribution in [0.15, 0.2) is 53.3 Å². The van der Waals surface area contributed by atoms with Crippen LogP contribution in [0.5, 0.6) is 0 Å². The van der Waals surface area contributed by atoms with Crippen LogP contribution in [-0.2, 0) is 25.8 Å². The van der Waals surface area contributed by atoms with Gasteiger partial charge in [-0.1, -0.05) is 28.1 Å². The Kier molecular flexibility index (Phi) is 6.32. The number of nitrogens with zero attached hydrogens (tertiary/aromatic N) is 5. The summed E-state index contributed by atoms with van der Waals surface area (Å²) in [6.45, 7) is 0.304. The Balaban J connectivity index is 1.36. The van der Waals surface area contributed by atoms with E-state index in [0.29, 0.717) is 17.9 Å². The molecule has 1 fully saturated rings. The molecule has 2 atom stereocenters. The molecule has 15 heteroatoms. The predicted molar refractivity (Wildman–Crippen MR) is 132 cm³/mol. The Morgan fingerprint density at radius 1 is 1.44 bits per heavy atom. The lowest BCUT2D eigenvalue weighted by Crippen LogP contribution is -2.71. The van der Waals surface area contributed by atoms with Crippen molar-refractivity contribution in [1.82, 2.24) is 19.6 Å². The Morgan fingerprint density at radius 2 is 2.25 bits per heavy atom. The van der Waals surface area contributed by atoms with Gasteiger partial charge in [-0.2, -0.15) is 4.57 Å². The lowest BCUT2D eigenvalue weighted by molar-refractivity contribution is -0.688. The fourth-order valence-corrected chi connectivity index (χ4v) is 6.37. The number of carboxylic acids is 1. The molecule has 1 saturated heterocycles. The number of thioether (sulfide) groups is 1. The number of hydrogen-bond donors (Lipinski definition) is 3. The van der Waals surface area contributed by atoms with Crippen molar-refractivity contribution in [2.24, 2.45) is 5.16 Å². The van der Waals surface area contributed by atoms with Gasteiger partial charge in [0.1, 0.15) is 39.8 Å². The molecular weight excluding hydrogens is 530 g/mol. The molecule has 2 amide bonds. The van der Waals surface area contributed by atoms with E-state index in [1.807, 2.05) is 45.9 Å². The normalized spacial score (nSPS) is 19.8. The number of amides is 2. The summed E-state index contributed by atoms with van der Waals surface area (Å²) < 4.78 is 3.95. The zero-order chi connectivity index (χ0) is 25.6. The number of anilines is 1. The standard InChI is InChI=1S/C21H18ClN7O5S2/c1-34-26-13(12-16(22)36-21(23)25-12)17(30)24-14-18(31)29-15(20(32)33)10(9-35-19(14)29)7-27-5-6-28-4-2-3-11(28)8-27/h2-6,8,14,19H,7,9H2,1H3,(H3-,23,24,25,30,32,33)/p+1/b26-13-/t14-,19-/m1/s1. The summed E-state index contributed by atoms with van der Waals surface area (Å²) in [5, 5.41) is 15.8. The minimum absolute atomic E-state index is 0.0313. The predicted octanol–water partition coefficient (Wildman–Crippen LogP) is 0.708. The largest absolute Gasteiger partial charge is 0.477 e. The zero-order valence-electron chi connectivity index (χ0n) is 18.6. The van der Waals surface area contributed by atoms with E-state index in [1.165, 1.54) is 23.8 Å². The van der Waals surface area contributed by atoms with Gasteiger partial charge >= 0.3 is 5.97 Å². The minimum atomic E-state index is -1.20. The highest BCUT2D eigenvalue weighted by Gasteiger charge is 2.54. The number of carbonyl (C=O) groups excluding carboxylic acids is 2. The van der Waals surface area contributed by atoms with E-state index >= 15 is 0 Å². The van der Waals surface area contributed by atoms with Crippen molar-refractivity contribution in [3.8, 4) is 0 Å². The highest BCUT2D eigenvalue weighted by molar-refractivity contribution is 8.00. The number of halogens is 1. The van der Waals surface area contributed by atoms with E-state index in [9.17, 15) is 19.5 Å². The van der Waals surface area contributed by atoms with Crippen molar-refractivity contribution in [2.45, 2.75) is 18.0 Å². The molecule has 0 radical (unpaired) electrons. The van der Waals surface area contributed by atoms with Crippen LogP contribution in [-0.4, -0.2) is 67.2 Å². The second kappa shape index (κ2) is 9.44. The maximum Gasteiger partial charge on any atom is 0.352 e. The number of rotatable bonds is 7. The van der Waals surface area contributed by atoms with Gasteiger partial charge in [0, 0.05) is 17.5 Å². The first-order valence-corrected chi connectivity index (χ1v) is 12.7. The van der Waals surface area contributed by atoms with Gasteiger partial charge in [-0.3, -0.25) is 14.5 Å². The summed E-state index contributed by atoms with van der Waals surface area (Å²) in [4.78, 5) is 48.1. The maximum absolute atomic E-state index is 13.0. The molecule has 2 aliphatic heterocycles. The number of carboxylic acid groups (broad SMARTS) is 1. The van der Waals surface area contributed by atoms with Crippen molar-refractivity contribution in [3.05, 3.63) is 58.2 Å². The second-order valence-electron chi connectivity index (χ2n) is 7.86. The third-order valence-electron chi connectivity index (χ3n) is 5.66. The van der Waals surface area contributed by atoms with Crippen LogP contribution in [0, 0.1) is 0 Å². The van der Waals surface area contributed by atoms with E-state index in [2.05, 4.69) is 15.5 Å². The molecule has 0 spiro atoms. The quantitative estimate of drug-likeness (QED) is 0.169. The summed E-state index contributed by atoms with van der Waals surface area (Å²) >= 11 is 8.45. The number of nitrogen functional groups attached to an aromatic ring is 1. The van der Waals surface area contributed by atoms with E-state index in [4.69, 9.17) is 22.2 Å². The van der Waals surface area contributed by atoms with Gasteiger partial charge in [0.15, 0.2) is 29.8 Å². The SMILES string of the molecule is CO/N=C(\C(=O)N[C@@H]1C(=O)N2C(C(=O)O)=C(C[n+]3ccn4cccc4c3)CS[C@H]12)c1nc(N)sc1Cl. The maximum atomic E-state index is 13.0. The Bertz CT molecular complexity index is 1470. The summed E-state index contributed by atoms with van der Waals surface area (Å²) in [6.07, 6.45) is 7.52. The molecule has 186 valence electrons. The number of nitrogens with two attached hydrogens (primary N) is 1. The van der Waals surface area contributed by atoms with Crippen molar-refractivity contribution < 1.29 is 28.9 Å². The Hall–Kier alpha value is -3.62. The van der Waals surface area contributed by atoms with Crippen LogP contribution < -0.4 is 15.6 Å². The Labute approximate surface area is 217 Å². The first kappa shape index (κ1) is 24.1. The van der Waals surface area contributed by atoms with Crippen molar-refractivity contribution in [2.75, 3.05) is 18.6 Å². The number of β-lactam (4-membered cyclic amide) rings is 1. The fourth-order valence-electron chi connectivity index (χ4n) is 4.10. The van der Waals surface area contributed by atoms with Gasteiger partial charge in [0.05, 0.1) is 6.20 Å². The molecule has 2 aliphatic rings. The first-order chi connectivity index (χ1) is 17.3. The highest BCUT2D eigenvalue weighted by Crippen LogP contribution is 2.40. The molecule has 0 aromatic carbocycles. The molecular formula is C21H19ClN7O5S2+. The third-order valence-corrected chi connectivity index (χ3v) is 8.09. The molecule has 0 saturated carbocycles. The summed E-state index contributed by atoms with van der Waals surface area (Å²) in [6, 6.07) is 2.89. The van der Waals surface area contributed by atoms with Gasteiger partial charge in [0.2, 0.25) is 0 Å². The number of carbonyl (C=O) groups is 3. The van der Waals surface area contributed by atoms with Crippen molar-refractivity contribution >= 4 is 68.8 Å². The van der Waals surface area contributed by atoms with E-state index < -0.39 is 29.2 Å². The third kappa shape index (κ3) is 4.16. The molecule has 5 rings (SSSR count). The van der Waals surface area contributed by atoms with Crippen molar-refractivity contribution in [1.29, 1.82) is 0 Å². The number of aromatic nitrogens is 3. The first-order valence-electron chi connectivity index (χ1n) is 10.5. The number of aliphatic carboxylic acids is 1. The summed E-state index contributed by atoms with van der Waals surface area (Å²) in [5.74, 6) is -2.12. The van der Waals surface area contributed by atoms with Crippen LogP contribution in [0.3, 0.4) is 0 Å². The summed E-state index contributed by atoms with van der Waals surface area (Å²) in [5.41, 5.74) is 6.93. The summed E-state index contributed by atoms with van der Waals surface area (Å²) in [7, 11) is 1.25. The topological polar surface area (TPSA) is 156 Å². The van der Waals surface area contributed by atoms with Gasteiger partial charge in [-0.15, -0.1) is 11.8 Å². The van der Waals surface area contributed by atoms with Gasteiger partial charge < -0.3 is 25.4 Å². The molecule has 0 aliphatic carbocycles. The Morgan fingerprint density at radius 3 is 2.94 bits per heavy atom. The smallest absolute Gasteiger partial charge is 0.352 e.